The lowest BCUT2D eigenvalue weighted by molar-refractivity contribution is -0.138. The lowest BCUT2D eigenvalue weighted by atomic mass is 9.84. The summed E-state index contributed by atoms with van der Waals surface area (Å²) in [5.41, 5.74) is 1.01. The molecule has 0 aliphatic heterocycles. The third-order valence-corrected chi connectivity index (χ3v) is 5.76. The molecule has 0 unspecified atom stereocenters. The summed E-state index contributed by atoms with van der Waals surface area (Å²) in [4.78, 5) is 18.8. The molecule has 2 N–H and O–H groups in total. The van der Waals surface area contributed by atoms with Crippen LogP contribution in [0.1, 0.15) is 31.2 Å². The summed E-state index contributed by atoms with van der Waals surface area (Å²) in [5, 5.41) is 9.32. The number of amides is 1. The number of carbonyl (C=O) groups is 1. The van der Waals surface area contributed by atoms with E-state index in [1.54, 1.807) is 11.9 Å². The van der Waals surface area contributed by atoms with Gasteiger partial charge in [-0.1, -0.05) is 55.3 Å². The van der Waals surface area contributed by atoms with Gasteiger partial charge in [-0.05, 0) is 35.6 Å². The fourth-order valence-electron chi connectivity index (χ4n) is 4.19. The second-order valence-electron chi connectivity index (χ2n) is 7.97. The molecule has 150 valence electrons. The highest BCUT2D eigenvalue weighted by Crippen LogP contribution is 2.38. The lowest BCUT2D eigenvalue weighted by Crippen LogP contribution is -2.49. The van der Waals surface area contributed by atoms with Gasteiger partial charge >= 0.3 is 0 Å². The van der Waals surface area contributed by atoms with Crippen molar-refractivity contribution in [3.63, 3.8) is 0 Å². The minimum atomic E-state index is -0.292. The Balaban J connectivity index is 1.53. The van der Waals surface area contributed by atoms with Crippen molar-refractivity contribution in [1.29, 1.82) is 0 Å². The van der Waals surface area contributed by atoms with Crippen LogP contribution in [0.15, 0.2) is 47.5 Å². The monoisotopic (exact) mass is 380 g/mol. The first-order chi connectivity index (χ1) is 13.5. The molecule has 1 aliphatic carbocycles. The van der Waals surface area contributed by atoms with Gasteiger partial charge < -0.3 is 15.5 Å². The fourth-order valence-corrected chi connectivity index (χ4v) is 4.19. The van der Waals surface area contributed by atoms with Crippen LogP contribution in [0.25, 0.3) is 10.8 Å². The van der Waals surface area contributed by atoms with E-state index in [1.165, 1.54) is 16.3 Å². The van der Waals surface area contributed by atoms with Crippen molar-refractivity contribution in [3.05, 3.63) is 48.0 Å². The molecule has 0 atom stereocenters. The number of aliphatic imine (C=N–C) groups is 1. The first-order valence-corrected chi connectivity index (χ1v) is 10.2. The molecule has 3 rings (SSSR count). The number of benzene rings is 2. The molecule has 0 saturated heterocycles. The fraction of sp³-hybridized carbons (Fsp3) is 0.478. The Morgan fingerprint density at radius 3 is 2.46 bits per heavy atom. The van der Waals surface area contributed by atoms with Crippen molar-refractivity contribution in [2.45, 2.75) is 32.1 Å². The van der Waals surface area contributed by atoms with Crippen LogP contribution < -0.4 is 10.6 Å². The molecule has 1 saturated carbocycles. The number of hydrogen-bond acceptors (Lipinski definition) is 2. The summed E-state index contributed by atoms with van der Waals surface area (Å²) in [6.07, 6.45) is 5.06. The number of guanidine groups is 1. The second-order valence-corrected chi connectivity index (χ2v) is 7.97. The molecule has 5 heteroatoms. The predicted molar refractivity (Wildman–Crippen MR) is 117 cm³/mol. The Hall–Kier alpha value is -2.56. The molecule has 2 aromatic rings. The summed E-state index contributed by atoms with van der Waals surface area (Å²) in [6, 6.07) is 15.0. The number of nitrogens with zero attached hydrogens (tertiary/aromatic N) is 2. The Kier molecular flexibility index (Phi) is 6.55. The zero-order valence-electron chi connectivity index (χ0n) is 17.3. The van der Waals surface area contributed by atoms with Crippen LogP contribution in [0.4, 0.5) is 0 Å². The van der Waals surface area contributed by atoms with Crippen molar-refractivity contribution in [2.75, 3.05) is 34.2 Å². The van der Waals surface area contributed by atoms with Crippen molar-refractivity contribution >= 4 is 22.6 Å². The zero-order valence-corrected chi connectivity index (χ0v) is 17.3. The number of fused-ring (bicyclic) bond motifs is 1. The average Bonchev–Trinajstić information content (AvgIpc) is 3.19. The van der Waals surface area contributed by atoms with E-state index in [9.17, 15) is 4.79 Å². The van der Waals surface area contributed by atoms with Gasteiger partial charge in [-0.2, -0.15) is 0 Å². The third kappa shape index (κ3) is 4.64. The molecular weight excluding hydrogens is 348 g/mol. The van der Waals surface area contributed by atoms with E-state index in [2.05, 4.69) is 58.1 Å². The van der Waals surface area contributed by atoms with Crippen LogP contribution in [0, 0.1) is 5.41 Å². The Morgan fingerprint density at radius 1 is 1.07 bits per heavy atom. The highest BCUT2D eigenvalue weighted by Gasteiger charge is 2.42. The third-order valence-electron chi connectivity index (χ3n) is 5.76. The summed E-state index contributed by atoms with van der Waals surface area (Å²) >= 11 is 0. The molecule has 0 radical (unpaired) electrons. The SMILES string of the molecule is CN=C(NCCc1ccc2ccccc2c1)NCC1(C(=O)N(C)C)CCCC1. The molecule has 0 heterocycles. The zero-order chi connectivity index (χ0) is 20.0. The largest absolute Gasteiger partial charge is 0.356 e. The highest BCUT2D eigenvalue weighted by molar-refractivity contribution is 5.85. The maximum Gasteiger partial charge on any atom is 0.230 e. The van der Waals surface area contributed by atoms with Crippen molar-refractivity contribution in [2.24, 2.45) is 10.4 Å². The van der Waals surface area contributed by atoms with Crippen molar-refractivity contribution in [3.8, 4) is 0 Å². The maximum absolute atomic E-state index is 12.7. The lowest BCUT2D eigenvalue weighted by Gasteiger charge is -2.31. The van der Waals surface area contributed by atoms with Gasteiger partial charge in [0, 0.05) is 34.2 Å². The van der Waals surface area contributed by atoms with Crippen molar-refractivity contribution in [1.82, 2.24) is 15.5 Å². The first-order valence-electron chi connectivity index (χ1n) is 10.2. The Labute approximate surface area is 168 Å². The minimum Gasteiger partial charge on any atom is -0.356 e. The topological polar surface area (TPSA) is 56.7 Å². The maximum atomic E-state index is 12.7. The molecule has 1 amide bonds. The minimum absolute atomic E-state index is 0.226. The molecule has 1 aliphatic rings. The molecule has 1 fully saturated rings. The number of nitrogens with one attached hydrogen (secondary N) is 2. The Bertz CT molecular complexity index is 837. The normalized spacial score (nSPS) is 16.2. The van der Waals surface area contributed by atoms with Crippen LogP contribution in [0.5, 0.6) is 0 Å². The van der Waals surface area contributed by atoms with Crippen LogP contribution >= 0.6 is 0 Å². The Morgan fingerprint density at radius 2 is 1.79 bits per heavy atom. The molecule has 5 nitrogen and oxygen atoms in total. The molecule has 0 aromatic heterocycles. The molecule has 0 spiro atoms. The van der Waals surface area contributed by atoms with Gasteiger partial charge in [0.1, 0.15) is 0 Å². The van der Waals surface area contributed by atoms with E-state index >= 15 is 0 Å². The first kappa shape index (κ1) is 20.2. The molecule has 2 aromatic carbocycles. The van der Waals surface area contributed by atoms with Gasteiger partial charge in [0.05, 0.1) is 5.41 Å². The van der Waals surface area contributed by atoms with E-state index < -0.39 is 0 Å². The standard InChI is InChI=1S/C23H32N4O/c1-24-22(26-17-23(13-6-7-14-23)21(28)27(2)3)25-15-12-18-10-11-19-8-4-5-9-20(19)16-18/h4-5,8-11,16H,6-7,12-15,17H2,1-3H3,(H2,24,25,26). The predicted octanol–water partition coefficient (Wildman–Crippen LogP) is 3.20. The van der Waals surface area contributed by atoms with E-state index in [-0.39, 0.29) is 11.3 Å². The van der Waals surface area contributed by atoms with Gasteiger partial charge in [0.2, 0.25) is 5.91 Å². The van der Waals surface area contributed by atoms with Gasteiger partial charge in [-0.15, -0.1) is 0 Å². The number of carbonyl (C=O) groups excluding carboxylic acids is 1. The van der Waals surface area contributed by atoms with Gasteiger partial charge in [-0.25, -0.2) is 0 Å². The van der Waals surface area contributed by atoms with Crippen LogP contribution in [0.2, 0.25) is 0 Å². The van der Waals surface area contributed by atoms with Crippen LogP contribution in [-0.2, 0) is 11.2 Å². The summed E-state index contributed by atoms with van der Waals surface area (Å²) in [6.45, 7) is 1.44. The van der Waals surface area contributed by atoms with Crippen LogP contribution in [-0.4, -0.2) is 51.0 Å². The van der Waals surface area contributed by atoms with Gasteiger partial charge in [-0.3, -0.25) is 9.79 Å². The van der Waals surface area contributed by atoms with E-state index in [0.29, 0.717) is 6.54 Å². The second kappa shape index (κ2) is 9.09. The smallest absolute Gasteiger partial charge is 0.230 e. The van der Waals surface area contributed by atoms with Gasteiger partial charge in [0.25, 0.3) is 0 Å². The highest BCUT2D eigenvalue weighted by atomic mass is 16.2. The molecule has 0 bridgehead atoms. The summed E-state index contributed by atoms with van der Waals surface area (Å²) < 4.78 is 0. The summed E-state index contributed by atoms with van der Waals surface area (Å²) in [5.74, 6) is 0.989. The van der Waals surface area contributed by atoms with E-state index in [4.69, 9.17) is 0 Å². The van der Waals surface area contributed by atoms with Crippen LogP contribution in [0.3, 0.4) is 0 Å². The quantitative estimate of drug-likeness (QED) is 0.598. The molecule has 28 heavy (non-hydrogen) atoms. The molecular formula is C23H32N4O. The van der Waals surface area contributed by atoms with Crippen molar-refractivity contribution < 1.29 is 4.79 Å². The van der Waals surface area contributed by atoms with E-state index in [1.807, 2.05) is 14.1 Å². The number of hydrogen-bond donors (Lipinski definition) is 2. The summed E-state index contributed by atoms with van der Waals surface area (Å²) in [7, 11) is 5.47. The van der Waals surface area contributed by atoms with E-state index in [0.717, 1.165) is 44.6 Å². The van der Waals surface area contributed by atoms with Gasteiger partial charge in [0.15, 0.2) is 5.96 Å². The average molecular weight is 381 g/mol. The number of rotatable bonds is 6.